The summed E-state index contributed by atoms with van der Waals surface area (Å²) in [5, 5.41) is 11.5. The number of rotatable bonds is 5. The number of amides is 1. The Balaban J connectivity index is 2.39. The van der Waals surface area contributed by atoms with Crippen LogP contribution in [0.4, 0.5) is 0 Å². The van der Waals surface area contributed by atoms with Gasteiger partial charge < -0.3 is 10.1 Å². The number of hydrogen-bond donors (Lipinski definition) is 1. The second kappa shape index (κ2) is 8.04. The summed E-state index contributed by atoms with van der Waals surface area (Å²) >= 11 is 6.07. The number of esters is 1. The van der Waals surface area contributed by atoms with Crippen molar-refractivity contribution in [3.63, 3.8) is 0 Å². The van der Waals surface area contributed by atoms with Crippen molar-refractivity contribution in [1.82, 2.24) is 15.3 Å². The van der Waals surface area contributed by atoms with Crippen molar-refractivity contribution in [2.24, 2.45) is 0 Å². The van der Waals surface area contributed by atoms with E-state index in [0.717, 1.165) is 0 Å². The fraction of sp³-hybridized carbons (Fsp3) is 0.188. The summed E-state index contributed by atoms with van der Waals surface area (Å²) in [7, 11) is 1.29. The number of benzene rings is 1. The number of ether oxygens (including phenoxy) is 1. The Morgan fingerprint density at radius 1 is 1.29 bits per heavy atom. The smallest absolute Gasteiger partial charge is 0.337 e. The highest BCUT2D eigenvalue weighted by atomic mass is 35.5. The molecular formula is C16H13ClN4O3. The highest BCUT2D eigenvalue weighted by molar-refractivity contribution is 6.30. The predicted molar refractivity (Wildman–Crippen MR) is 85.0 cm³/mol. The molecule has 0 spiro atoms. The zero-order valence-corrected chi connectivity index (χ0v) is 13.4. The maximum Gasteiger partial charge on any atom is 0.337 e. The van der Waals surface area contributed by atoms with Crippen molar-refractivity contribution >= 4 is 23.5 Å². The summed E-state index contributed by atoms with van der Waals surface area (Å²) in [5.41, 5.74) is 1.35. The van der Waals surface area contributed by atoms with E-state index in [2.05, 4.69) is 20.0 Å². The molecular weight excluding hydrogens is 332 g/mol. The van der Waals surface area contributed by atoms with E-state index in [1.807, 2.05) is 0 Å². The monoisotopic (exact) mass is 344 g/mol. The molecule has 0 aliphatic heterocycles. The fourth-order valence-electron chi connectivity index (χ4n) is 2.05. The molecule has 8 heteroatoms. The van der Waals surface area contributed by atoms with Crippen LogP contribution in [0.25, 0.3) is 0 Å². The van der Waals surface area contributed by atoms with Crippen LogP contribution in [-0.2, 0) is 9.53 Å². The Labute approximate surface area is 143 Å². The normalized spacial score (nSPS) is 11.2. The molecule has 122 valence electrons. The SMILES string of the molecule is COC(=O)c1ccc([C@H](NC(=O)CC#N)c2nccnc2Cl)cc1. The molecule has 1 N–H and O–H groups in total. The first-order valence-corrected chi connectivity index (χ1v) is 7.25. The van der Waals surface area contributed by atoms with Crippen LogP contribution in [-0.4, -0.2) is 29.0 Å². The zero-order chi connectivity index (χ0) is 17.5. The maximum absolute atomic E-state index is 11.8. The average molecular weight is 345 g/mol. The van der Waals surface area contributed by atoms with Gasteiger partial charge in [0, 0.05) is 12.4 Å². The molecule has 1 heterocycles. The summed E-state index contributed by atoms with van der Waals surface area (Å²) in [5.74, 6) is -0.939. The molecule has 24 heavy (non-hydrogen) atoms. The number of carbonyl (C=O) groups excluding carboxylic acids is 2. The summed E-state index contributed by atoms with van der Waals surface area (Å²) in [6, 6.07) is 7.51. The van der Waals surface area contributed by atoms with Gasteiger partial charge in [-0.3, -0.25) is 9.78 Å². The molecule has 0 bridgehead atoms. The molecule has 2 rings (SSSR count). The van der Waals surface area contributed by atoms with Crippen molar-refractivity contribution in [2.75, 3.05) is 7.11 Å². The number of nitriles is 1. The number of methoxy groups -OCH3 is 1. The minimum absolute atomic E-state index is 0.136. The van der Waals surface area contributed by atoms with Gasteiger partial charge in [0.05, 0.1) is 24.8 Å². The number of carbonyl (C=O) groups is 2. The minimum Gasteiger partial charge on any atom is -0.465 e. The third-order valence-corrected chi connectivity index (χ3v) is 3.45. The maximum atomic E-state index is 11.8. The van der Waals surface area contributed by atoms with Crippen LogP contribution in [0, 0.1) is 11.3 Å². The summed E-state index contributed by atoms with van der Waals surface area (Å²) in [6.07, 6.45) is 2.59. The first-order valence-electron chi connectivity index (χ1n) is 6.87. The van der Waals surface area contributed by atoms with Crippen LogP contribution in [0.1, 0.15) is 34.1 Å². The van der Waals surface area contributed by atoms with E-state index in [-0.39, 0.29) is 11.6 Å². The van der Waals surface area contributed by atoms with E-state index in [1.165, 1.54) is 19.5 Å². The van der Waals surface area contributed by atoms with Crippen LogP contribution in [0.3, 0.4) is 0 Å². The number of nitrogens with one attached hydrogen (secondary N) is 1. The van der Waals surface area contributed by atoms with Crippen molar-refractivity contribution in [3.8, 4) is 6.07 Å². The Bertz CT molecular complexity index is 787. The largest absolute Gasteiger partial charge is 0.465 e. The molecule has 7 nitrogen and oxygen atoms in total. The number of nitrogens with zero attached hydrogens (tertiary/aromatic N) is 3. The van der Waals surface area contributed by atoms with E-state index in [1.54, 1.807) is 30.3 Å². The number of hydrogen-bond acceptors (Lipinski definition) is 6. The van der Waals surface area contributed by atoms with Gasteiger partial charge in [0.1, 0.15) is 12.1 Å². The molecule has 0 aliphatic rings. The topological polar surface area (TPSA) is 105 Å². The van der Waals surface area contributed by atoms with Gasteiger partial charge in [-0.05, 0) is 17.7 Å². The quantitative estimate of drug-likeness (QED) is 0.832. The zero-order valence-electron chi connectivity index (χ0n) is 12.7. The Kier molecular flexibility index (Phi) is 5.82. The second-order valence-electron chi connectivity index (χ2n) is 4.68. The van der Waals surface area contributed by atoms with E-state index in [4.69, 9.17) is 16.9 Å². The summed E-state index contributed by atoms with van der Waals surface area (Å²) < 4.78 is 4.65. The van der Waals surface area contributed by atoms with Gasteiger partial charge in [0.2, 0.25) is 5.91 Å². The minimum atomic E-state index is -0.696. The molecule has 0 saturated heterocycles. The lowest BCUT2D eigenvalue weighted by molar-refractivity contribution is -0.120. The molecule has 1 atom stereocenters. The van der Waals surface area contributed by atoms with Crippen LogP contribution in [0.15, 0.2) is 36.7 Å². The number of halogens is 1. The Hall–Kier alpha value is -2.98. The molecule has 0 radical (unpaired) electrons. The van der Waals surface area contributed by atoms with Gasteiger partial charge in [-0.15, -0.1) is 0 Å². The lowest BCUT2D eigenvalue weighted by Crippen LogP contribution is -2.29. The average Bonchev–Trinajstić information content (AvgIpc) is 2.60. The summed E-state index contributed by atoms with van der Waals surface area (Å²) in [6.45, 7) is 0. The van der Waals surface area contributed by atoms with Gasteiger partial charge >= 0.3 is 5.97 Å². The van der Waals surface area contributed by atoms with Gasteiger partial charge in [-0.2, -0.15) is 5.26 Å². The van der Waals surface area contributed by atoms with Gasteiger partial charge in [0.25, 0.3) is 0 Å². The van der Waals surface area contributed by atoms with Crippen molar-refractivity contribution in [3.05, 3.63) is 58.6 Å². The first-order chi connectivity index (χ1) is 11.6. The Morgan fingerprint density at radius 3 is 2.54 bits per heavy atom. The van der Waals surface area contributed by atoms with E-state index in [0.29, 0.717) is 16.8 Å². The standard InChI is InChI=1S/C16H13ClN4O3/c1-24-16(23)11-4-2-10(3-5-11)13(21-12(22)6-7-18)14-15(17)20-9-8-19-14/h2-5,8-9,13H,6H2,1H3,(H,21,22)/t13-/m0/s1. The van der Waals surface area contributed by atoms with Gasteiger partial charge in [-0.1, -0.05) is 23.7 Å². The van der Waals surface area contributed by atoms with Gasteiger partial charge in [0.15, 0.2) is 5.15 Å². The van der Waals surface area contributed by atoms with Crippen LogP contribution >= 0.6 is 11.6 Å². The van der Waals surface area contributed by atoms with Crippen molar-refractivity contribution in [2.45, 2.75) is 12.5 Å². The molecule has 0 aliphatic carbocycles. The lowest BCUT2D eigenvalue weighted by atomic mass is 10.0. The van der Waals surface area contributed by atoms with Crippen molar-refractivity contribution in [1.29, 1.82) is 5.26 Å². The fourth-order valence-corrected chi connectivity index (χ4v) is 2.26. The highest BCUT2D eigenvalue weighted by Crippen LogP contribution is 2.25. The van der Waals surface area contributed by atoms with E-state index in [9.17, 15) is 9.59 Å². The highest BCUT2D eigenvalue weighted by Gasteiger charge is 2.21. The molecule has 0 fully saturated rings. The van der Waals surface area contributed by atoms with E-state index >= 15 is 0 Å². The van der Waals surface area contributed by atoms with Crippen LogP contribution < -0.4 is 5.32 Å². The number of aromatic nitrogens is 2. The summed E-state index contributed by atoms with van der Waals surface area (Å²) in [4.78, 5) is 31.5. The third kappa shape index (κ3) is 4.06. The second-order valence-corrected chi connectivity index (χ2v) is 5.04. The van der Waals surface area contributed by atoms with Crippen LogP contribution in [0.5, 0.6) is 0 Å². The lowest BCUT2D eigenvalue weighted by Gasteiger charge is -2.19. The van der Waals surface area contributed by atoms with Crippen LogP contribution in [0.2, 0.25) is 5.15 Å². The molecule has 0 unspecified atom stereocenters. The van der Waals surface area contributed by atoms with E-state index < -0.39 is 17.9 Å². The molecule has 1 aromatic carbocycles. The predicted octanol–water partition coefficient (Wildman–Crippen LogP) is 2.04. The molecule has 1 aromatic heterocycles. The molecule has 2 aromatic rings. The molecule has 1 amide bonds. The first kappa shape index (κ1) is 17.4. The van der Waals surface area contributed by atoms with Gasteiger partial charge in [-0.25, -0.2) is 9.78 Å². The molecule has 0 saturated carbocycles. The Morgan fingerprint density at radius 2 is 1.96 bits per heavy atom. The van der Waals surface area contributed by atoms with Crippen molar-refractivity contribution < 1.29 is 14.3 Å². The third-order valence-electron chi connectivity index (χ3n) is 3.16.